The van der Waals surface area contributed by atoms with Gasteiger partial charge in [-0.1, -0.05) is 25.0 Å². The number of anilines is 1. The molecule has 0 spiro atoms. The van der Waals surface area contributed by atoms with Crippen molar-refractivity contribution in [1.82, 2.24) is 10.9 Å². The zero-order valence-corrected chi connectivity index (χ0v) is 17.4. The van der Waals surface area contributed by atoms with Gasteiger partial charge in [-0.15, -0.1) is 11.8 Å². The lowest BCUT2D eigenvalue weighted by molar-refractivity contribution is -0.133. The molecule has 2 fully saturated rings. The monoisotopic (exact) mass is 409 g/mol. The third kappa shape index (κ3) is 4.65. The molecular weight excluding hydrogens is 382 g/mol. The Bertz CT molecular complexity index is 884. The Morgan fingerprint density at radius 2 is 1.93 bits per heavy atom. The van der Waals surface area contributed by atoms with Gasteiger partial charge in [0.1, 0.15) is 0 Å². The molecule has 1 saturated heterocycles. The molecule has 152 valence electrons. The zero-order valence-electron chi connectivity index (χ0n) is 16.6. The summed E-state index contributed by atoms with van der Waals surface area (Å²) in [5.74, 6) is 0.506. The highest BCUT2D eigenvalue weighted by molar-refractivity contribution is 7.98. The van der Waals surface area contributed by atoms with Gasteiger partial charge in [-0.3, -0.25) is 15.0 Å². The minimum atomic E-state index is -0.107. The first-order valence-electron chi connectivity index (χ1n) is 10.2. The first-order chi connectivity index (χ1) is 14.1. The molecule has 1 aliphatic carbocycles. The number of carbonyl (C=O) groups excluding carboxylic acids is 2. The maximum Gasteiger partial charge on any atom is 0.255 e. The van der Waals surface area contributed by atoms with Gasteiger partial charge in [0.25, 0.3) is 5.91 Å². The van der Waals surface area contributed by atoms with Gasteiger partial charge in [0.2, 0.25) is 5.91 Å². The van der Waals surface area contributed by atoms with E-state index >= 15 is 0 Å². The number of carbonyl (C=O) groups is 2. The van der Waals surface area contributed by atoms with Crippen LogP contribution in [-0.2, 0) is 11.2 Å². The number of nitrogens with one attached hydrogen (secondary N) is 3. The highest BCUT2D eigenvalue weighted by Crippen LogP contribution is 2.35. The molecule has 2 aliphatic rings. The van der Waals surface area contributed by atoms with E-state index in [1.807, 2.05) is 48.7 Å². The standard InChI is InChI=1S/C23H27N3O2S/c1-29-18-11-9-17(10-12-18)24-22(27)16-6-4-5-15(13-16)14-21-19-7-2-3-8-20(19)23(28)26-25-21/h4-6,9-13,19-21,25H,2-3,7-8,14H2,1H3,(H,24,27)(H,26,28). The summed E-state index contributed by atoms with van der Waals surface area (Å²) < 4.78 is 0. The largest absolute Gasteiger partial charge is 0.322 e. The van der Waals surface area contributed by atoms with Crippen molar-refractivity contribution in [2.24, 2.45) is 11.8 Å². The number of rotatable bonds is 5. The Hall–Kier alpha value is -2.31. The lowest BCUT2D eigenvalue weighted by Gasteiger charge is -2.41. The fraction of sp³-hybridized carbons (Fsp3) is 0.391. The number of benzene rings is 2. The number of hydrogen-bond acceptors (Lipinski definition) is 4. The van der Waals surface area contributed by atoms with Crippen molar-refractivity contribution in [2.45, 2.75) is 43.0 Å². The van der Waals surface area contributed by atoms with E-state index in [4.69, 9.17) is 0 Å². The van der Waals surface area contributed by atoms with Crippen molar-refractivity contribution in [2.75, 3.05) is 11.6 Å². The van der Waals surface area contributed by atoms with Gasteiger partial charge < -0.3 is 5.32 Å². The normalized spacial score (nSPS) is 23.8. The second kappa shape index (κ2) is 9.01. The van der Waals surface area contributed by atoms with Gasteiger partial charge in [0, 0.05) is 28.1 Å². The third-order valence-electron chi connectivity index (χ3n) is 6.05. The molecule has 3 atom stereocenters. The highest BCUT2D eigenvalue weighted by atomic mass is 32.2. The van der Waals surface area contributed by atoms with E-state index in [9.17, 15) is 9.59 Å². The predicted octanol–water partition coefficient (Wildman–Crippen LogP) is 4.01. The maximum absolute atomic E-state index is 12.7. The van der Waals surface area contributed by atoms with Crippen molar-refractivity contribution < 1.29 is 9.59 Å². The molecule has 2 aromatic carbocycles. The van der Waals surface area contributed by atoms with E-state index in [0.717, 1.165) is 41.8 Å². The van der Waals surface area contributed by atoms with E-state index < -0.39 is 0 Å². The van der Waals surface area contributed by atoms with Crippen LogP contribution in [0.15, 0.2) is 53.4 Å². The number of thioether (sulfide) groups is 1. The first kappa shape index (κ1) is 20.0. The second-order valence-corrected chi connectivity index (χ2v) is 8.76. The van der Waals surface area contributed by atoms with Gasteiger partial charge in [0.05, 0.1) is 0 Å². The third-order valence-corrected chi connectivity index (χ3v) is 6.79. The second-order valence-electron chi connectivity index (χ2n) is 7.88. The van der Waals surface area contributed by atoms with Gasteiger partial charge in [-0.2, -0.15) is 0 Å². The van der Waals surface area contributed by atoms with Gasteiger partial charge >= 0.3 is 0 Å². The van der Waals surface area contributed by atoms with E-state index in [1.54, 1.807) is 11.8 Å². The highest BCUT2D eigenvalue weighted by Gasteiger charge is 2.39. The Labute approximate surface area is 176 Å². The van der Waals surface area contributed by atoms with Crippen LogP contribution in [0, 0.1) is 11.8 Å². The van der Waals surface area contributed by atoms with Crippen LogP contribution in [-0.4, -0.2) is 24.1 Å². The van der Waals surface area contributed by atoms with E-state index in [0.29, 0.717) is 11.5 Å². The maximum atomic E-state index is 12.7. The van der Waals surface area contributed by atoms with Crippen LogP contribution in [0.2, 0.25) is 0 Å². The Balaban J connectivity index is 1.44. The topological polar surface area (TPSA) is 70.2 Å². The smallest absolute Gasteiger partial charge is 0.255 e. The summed E-state index contributed by atoms with van der Waals surface area (Å²) >= 11 is 1.67. The lowest BCUT2D eigenvalue weighted by atomic mass is 9.72. The minimum absolute atomic E-state index is 0.107. The molecule has 3 N–H and O–H groups in total. The molecule has 4 rings (SSSR count). The quantitative estimate of drug-likeness (QED) is 0.653. The van der Waals surface area contributed by atoms with Crippen LogP contribution in [0.4, 0.5) is 5.69 Å². The molecule has 1 heterocycles. The molecule has 1 aliphatic heterocycles. The van der Waals surface area contributed by atoms with Crippen molar-refractivity contribution >= 4 is 29.3 Å². The van der Waals surface area contributed by atoms with Crippen molar-refractivity contribution in [3.05, 3.63) is 59.7 Å². The molecular formula is C23H27N3O2S. The molecule has 29 heavy (non-hydrogen) atoms. The fourth-order valence-electron chi connectivity index (χ4n) is 4.50. The van der Waals surface area contributed by atoms with E-state index in [-0.39, 0.29) is 23.8 Å². The SMILES string of the molecule is CSc1ccc(NC(=O)c2cccc(CC3NNC(=O)C4CCCCC34)c2)cc1. The van der Waals surface area contributed by atoms with Gasteiger partial charge in [-0.05, 0) is 73.4 Å². The van der Waals surface area contributed by atoms with E-state index in [2.05, 4.69) is 22.2 Å². The summed E-state index contributed by atoms with van der Waals surface area (Å²) in [5, 5.41) is 2.97. The van der Waals surface area contributed by atoms with Gasteiger partial charge in [0.15, 0.2) is 0 Å². The summed E-state index contributed by atoms with van der Waals surface area (Å²) in [4.78, 5) is 26.0. The van der Waals surface area contributed by atoms with Gasteiger partial charge in [-0.25, -0.2) is 5.43 Å². The molecule has 0 bridgehead atoms. The van der Waals surface area contributed by atoms with Crippen LogP contribution in [0.3, 0.4) is 0 Å². The lowest BCUT2D eigenvalue weighted by Crippen LogP contribution is -2.60. The summed E-state index contributed by atoms with van der Waals surface area (Å²) in [5.41, 5.74) is 8.62. The predicted molar refractivity (Wildman–Crippen MR) is 117 cm³/mol. The molecule has 6 heteroatoms. The molecule has 2 amide bonds. The molecule has 5 nitrogen and oxygen atoms in total. The van der Waals surface area contributed by atoms with Crippen molar-refractivity contribution in [3.63, 3.8) is 0 Å². The Kier molecular flexibility index (Phi) is 6.21. The number of hydrazine groups is 1. The molecule has 0 radical (unpaired) electrons. The summed E-state index contributed by atoms with van der Waals surface area (Å²) in [6.45, 7) is 0. The Morgan fingerprint density at radius 1 is 1.14 bits per heavy atom. The van der Waals surface area contributed by atoms with Crippen LogP contribution in [0.25, 0.3) is 0 Å². The first-order valence-corrected chi connectivity index (χ1v) is 11.5. The van der Waals surface area contributed by atoms with E-state index in [1.165, 1.54) is 6.42 Å². The number of fused-ring (bicyclic) bond motifs is 1. The van der Waals surface area contributed by atoms with Crippen LogP contribution >= 0.6 is 11.8 Å². The van der Waals surface area contributed by atoms with Crippen molar-refractivity contribution in [3.8, 4) is 0 Å². The van der Waals surface area contributed by atoms with Crippen LogP contribution in [0.5, 0.6) is 0 Å². The van der Waals surface area contributed by atoms with Crippen LogP contribution < -0.4 is 16.2 Å². The average Bonchev–Trinajstić information content (AvgIpc) is 2.77. The van der Waals surface area contributed by atoms with Crippen molar-refractivity contribution in [1.29, 1.82) is 0 Å². The number of hydrogen-bond donors (Lipinski definition) is 3. The summed E-state index contributed by atoms with van der Waals surface area (Å²) in [7, 11) is 0. The van der Waals surface area contributed by atoms with Crippen LogP contribution in [0.1, 0.15) is 41.6 Å². The molecule has 3 unspecified atom stereocenters. The average molecular weight is 410 g/mol. The molecule has 1 saturated carbocycles. The number of amides is 2. The molecule has 2 aromatic rings. The Morgan fingerprint density at radius 3 is 2.72 bits per heavy atom. The summed E-state index contributed by atoms with van der Waals surface area (Å²) in [6.07, 6.45) is 7.21. The minimum Gasteiger partial charge on any atom is -0.322 e. The zero-order chi connectivity index (χ0) is 20.2. The molecule has 0 aromatic heterocycles. The summed E-state index contributed by atoms with van der Waals surface area (Å²) in [6, 6.07) is 15.8. The fourth-order valence-corrected chi connectivity index (χ4v) is 4.91.